The van der Waals surface area contributed by atoms with Gasteiger partial charge in [0, 0.05) is 11.6 Å². The molecule has 0 aliphatic heterocycles. The van der Waals surface area contributed by atoms with E-state index in [1.54, 1.807) is 16.8 Å². The van der Waals surface area contributed by atoms with Crippen LogP contribution in [0.1, 0.15) is 55.4 Å². The van der Waals surface area contributed by atoms with Crippen molar-refractivity contribution in [2.75, 3.05) is 0 Å². The molecule has 0 spiro atoms. The number of para-hydroxylation sites is 1. The number of benzene rings is 1. The van der Waals surface area contributed by atoms with Crippen LogP contribution in [0.4, 0.5) is 0 Å². The van der Waals surface area contributed by atoms with E-state index in [2.05, 4.69) is 9.97 Å². The lowest BCUT2D eigenvalue weighted by atomic mass is 9.83. The fourth-order valence-corrected chi connectivity index (χ4v) is 4.98. The standard InChI is InChI=1S/C22H25N3O2S/c1-15-24-18-10-6-5-9-17(18)22(27)25(15)19(13-16-7-3-2-4-8-16)20(26)14-21-23-11-12-28-21/h5-6,9-12,16,19H,2-4,7-8,13-14H2,1H3/t19-/m1/s1. The number of rotatable bonds is 6. The second-order valence-electron chi connectivity index (χ2n) is 7.68. The third kappa shape index (κ3) is 3.92. The summed E-state index contributed by atoms with van der Waals surface area (Å²) in [7, 11) is 0. The van der Waals surface area contributed by atoms with E-state index >= 15 is 0 Å². The van der Waals surface area contributed by atoms with Gasteiger partial charge in [-0.05, 0) is 31.4 Å². The third-order valence-corrected chi connectivity index (χ3v) is 6.54. The first-order valence-electron chi connectivity index (χ1n) is 10.0. The molecule has 1 aliphatic carbocycles. The molecule has 1 aliphatic rings. The Morgan fingerprint density at radius 2 is 2.04 bits per heavy atom. The lowest BCUT2D eigenvalue weighted by Gasteiger charge is -2.28. The number of carbonyl (C=O) groups excluding carboxylic acids is 1. The summed E-state index contributed by atoms with van der Waals surface area (Å²) in [5.74, 6) is 1.15. The van der Waals surface area contributed by atoms with E-state index in [0.29, 0.717) is 29.1 Å². The van der Waals surface area contributed by atoms with Crippen molar-refractivity contribution >= 4 is 28.0 Å². The van der Waals surface area contributed by atoms with Crippen LogP contribution in [-0.4, -0.2) is 20.3 Å². The zero-order valence-electron chi connectivity index (χ0n) is 16.1. The third-order valence-electron chi connectivity index (χ3n) is 5.76. The molecule has 5 nitrogen and oxygen atoms in total. The summed E-state index contributed by atoms with van der Waals surface area (Å²) < 4.78 is 1.65. The number of hydrogen-bond acceptors (Lipinski definition) is 5. The van der Waals surface area contributed by atoms with Crippen molar-refractivity contribution in [1.82, 2.24) is 14.5 Å². The molecule has 0 bridgehead atoms. The summed E-state index contributed by atoms with van der Waals surface area (Å²) in [6.45, 7) is 1.83. The normalized spacial score (nSPS) is 16.3. The van der Waals surface area contributed by atoms with Gasteiger partial charge in [0.15, 0.2) is 5.78 Å². The monoisotopic (exact) mass is 395 g/mol. The second-order valence-corrected chi connectivity index (χ2v) is 8.65. The van der Waals surface area contributed by atoms with E-state index in [-0.39, 0.29) is 17.8 Å². The number of thiazole rings is 1. The molecule has 0 unspecified atom stereocenters. The topological polar surface area (TPSA) is 64.8 Å². The minimum atomic E-state index is -0.475. The number of nitrogens with zero attached hydrogens (tertiary/aromatic N) is 3. The Kier molecular flexibility index (Phi) is 5.67. The fraction of sp³-hybridized carbons (Fsp3) is 0.455. The lowest BCUT2D eigenvalue weighted by molar-refractivity contribution is -0.122. The first-order chi connectivity index (χ1) is 13.6. The minimum Gasteiger partial charge on any atom is -0.297 e. The predicted molar refractivity (Wildman–Crippen MR) is 112 cm³/mol. The molecular weight excluding hydrogens is 370 g/mol. The van der Waals surface area contributed by atoms with E-state index in [1.165, 1.54) is 30.6 Å². The fourth-order valence-electron chi connectivity index (χ4n) is 4.35. The summed E-state index contributed by atoms with van der Waals surface area (Å²) in [5.41, 5.74) is 0.571. The van der Waals surface area contributed by atoms with Gasteiger partial charge in [-0.25, -0.2) is 9.97 Å². The van der Waals surface area contributed by atoms with Crippen molar-refractivity contribution in [1.29, 1.82) is 0 Å². The highest BCUT2D eigenvalue weighted by Gasteiger charge is 2.29. The van der Waals surface area contributed by atoms with Crippen LogP contribution in [0.15, 0.2) is 40.6 Å². The highest BCUT2D eigenvalue weighted by molar-refractivity contribution is 7.09. The van der Waals surface area contributed by atoms with E-state index in [4.69, 9.17) is 0 Å². The van der Waals surface area contributed by atoms with Crippen LogP contribution in [0.25, 0.3) is 10.9 Å². The summed E-state index contributed by atoms with van der Waals surface area (Å²) in [6.07, 6.45) is 8.66. The Bertz CT molecular complexity index is 1020. The van der Waals surface area contributed by atoms with Gasteiger partial charge < -0.3 is 0 Å². The van der Waals surface area contributed by atoms with E-state index in [0.717, 1.165) is 17.8 Å². The molecule has 1 fully saturated rings. The lowest BCUT2D eigenvalue weighted by Crippen LogP contribution is -2.35. The van der Waals surface area contributed by atoms with Crippen molar-refractivity contribution < 1.29 is 4.79 Å². The predicted octanol–water partition coefficient (Wildman–Crippen LogP) is 4.48. The average Bonchev–Trinajstić information content (AvgIpc) is 3.21. The molecule has 6 heteroatoms. The molecule has 28 heavy (non-hydrogen) atoms. The maximum Gasteiger partial charge on any atom is 0.262 e. The van der Waals surface area contributed by atoms with Crippen LogP contribution in [0.2, 0.25) is 0 Å². The summed E-state index contributed by atoms with van der Waals surface area (Å²) >= 11 is 1.49. The van der Waals surface area contributed by atoms with Gasteiger partial charge in [0.1, 0.15) is 5.82 Å². The van der Waals surface area contributed by atoms with E-state index in [1.807, 2.05) is 30.5 Å². The number of aryl methyl sites for hydroxylation is 1. The SMILES string of the molecule is Cc1nc2ccccc2c(=O)n1[C@H](CC1CCCCC1)C(=O)Cc1nccs1. The molecule has 0 amide bonds. The van der Waals surface area contributed by atoms with Crippen molar-refractivity contribution in [3.63, 3.8) is 0 Å². The minimum absolute atomic E-state index is 0.0582. The van der Waals surface area contributed by atoms with Crippen LogP contribution >= 0.6 is 11.3 Å². The highest BCUT2D eigenvalue weighted by atomic mass is 32.1. The van der Waals surface area contributed by atoms with Crippen LogP contribution in [0.3, 0.4) is 0 Å². The Labute approximate surface area is 168 Å². The molecule has 2 heterocycles. The van der Waals surface area contributed by atoms with Crippen molar-refractivity contribution in [3.05, 3.63) is 57.0 Å². The van der Waals surface area contributed by atoms with Crippen molar-refractivity contribution in [2.45, 2.75) is 57.9 Å². The molecule has 1 atom stereocenters. The van der Waals surface area contributed by atoms with Crippen LogP contribution in [0, 0.1) is 12.8 Å². The number of Topliss-reactive ketones (excluding diaryl/α,β-unsaturated/α-hetero) is 1. The Morgan fingerprint density at radius 1 is 1.25 bits per heavy atom. The number of ketones is 1. The quantitative estimate of drug-likeness (QED) is 0.617. The van der Waals surface area contributed by atoms with Gasteiger partial charge in [0.25, 0.3) is 5.56 Å². The van der Waals surface area contributed by atoms with E-state index < -0.39 is 6.04 Å². The molecule has 1 saturated carbocycles. The van der Waals surface area contributed by atoms with Crippen molar-refractivity contribution in [2.24, 2.45) is 5.92 Å². The highest BCUT2D eigenvalue weighted by Crippen LogP contribution is 2.32. The number of carbonyl (C=O) groups is 1. The van der Waals surface area contributed by atoms with Gasteiger partial charge >= 0.3 is 0 Å². The van der Waals surface area contributed by atoms with Gasteiger partial charge in [-0.2, -0.15) is 0 Å². The summed E-state index contributed by atoms with van der Waals surface area (Å²) in [5, 5.41) is 3.26. The molecule has 0 saturated heterocycles. The summed E-state index contributed by atoms with van der Waals surface area (Å²) in [4.78, 5) is 35.5. The smallest absolute Gasteiger partial charge is 0.262 e. The Balaban J connectivity index is 1.74. The molecule has 3 aromatic rings. The number of hydrogen-bond donors (Lipinski definition) is 0. The second kappa shape index (κ2) is 8.35. The number of aromatic nitrogens is 3. The zero-order valence-corrected chi connectivity index (χ0v) is 17.0. The Morgan fingerprint density at radius 3 is 2.79 bits per heavy atom. The number of fused-ring (bicyclic) bond motifs is 1. The van der Waals surface area contributed by atoms with Gasteiger partial charge in [-0.15, -0.1) is 11.3 Å². The van der Waals surface area contributed by atoms with Crippen LogP contribution < -0.4 is 5.56 Å². The molecule has 2 aromatic heterocycles. The summed E-state index contributed by atoms with van der Waals surface area (Å²) in [6, 6.07) is 6.90. The van der Waals surface area contributed by atoms with Gasteiger partial charge in [-0.1, -0.05) is 44.2 Å². The van der Waals surface area contributed by atoms with Gasteiger partial charge in [0.2, 0.25) is 0 Å². The maximum atomic E-state index is 13.3. The van der Waals surface area contributed by atoms with Crippen LogP contribution in [0.5, 0.6) is 0 Å². The van der Waals surface area contributed by atoms with Crippen molar-refractivity contribution in [3.8, 4) is 0 Å². The average molecular weight is 396 g/mol. The molecule has 4 rings (SSSR count). The molecule has 0 radical (unpaired) electrons. The Hall–Kier alpha value is -2.34. The van der Waals surface area contributed by atoms with E-state index in [9.17, 15) is 9.59 Å². The first kappa shape index (κ1) is 19.0. The largest absolute Gasteiger partial charge is 0.297 e. The van der Waals surface area contributed by atoms with Crippen LogP contribution in [-0.2, 0) is 11.2 Å². The maximum absolute atomic E-state index is 13.3. The molecule has 146 valence electrons. The molecule has 0 N–H and O–H groups in total. The van der Waals surface area contributed by atoms with Gasteiger partial charge in [-0.3, -0.25) is 14.2 Å². The zero-order chi connectivity index (χ0) is 19.5. The molecular formula is C22H25N3O2S. The first-order valence-corrected chi connectivity index (χ1v) is 10.9. The van der Waals surface area contributed by atoms with Gasteiger partial charge in [0.05, 0.1) is 28.4 Å². The molecule has 1 aromatic carbocycles.